The van der Waals surface area contributed by atoms with Crippen molar-refractivity contribution in [3.8, 4) is 0 Å². The van der Waals surface area contributed by atoms with Crippen LogP contribution in [0, 0.1) is 0 Å². The fourth-order valence-corrected chi connectivity index (χ4v) is 4.84. The number of fused-ring (bicyclic) bond motifs is 1. The summed E-state index contributed by atoms with van der Waals surface area (Å²) in [6.45, 7) is -0.155. The topological polar surface area (TPSA) is 87.0 Å². The molecule has 1 amide bonds. The molecule has 2 aliphatic heterocycles. The zero-order chi connectivity index (χ0) is 18.4. The van der Waals surface area contributed by atoms with E-state index in [1.165, 1.54) is 0 Å². The van der Waals surface area contributed by atoms with Gasteiger partial charge < -0.3 is 5.11 Å². The van der Waals surface area contributed by atoms with Crippen LogP contribution in [-0.2, 0) is 14.8 Å². The van der Waals surface area contributed by atoms with Gasteiger partial charge in [-0.2, -0.15) is 17.5 Å². The zero-order valence-corrected chi connectivity index (χ0v) is 13.8. The number of nitrogens with zero attached hydrogens (tertiary/aromatic N) is 2. The minimum Gasteiger partial charge on any atom is -0.395 e. The van der Waals surface area contributed by atoms with Gasteiger partial charge in [0.05, 0.1) is 28.9 Å². The van der Waals surface area contributed by atoms with E-state index >= 15 is 0 Å². The van der Waals surface area contributed by atoms with Crippen LogP contribution in [0.4, 0.5) is 13.2 Å². The molecule has 0 saturated carbocycles. The molecule has 0 radical (unpaired) electrons. The number of carbonyl (C=O) groups is 1. The molecular formula is C15H15F3N2O4S. The third-order valence-electron chi connectivity index (χ3n) is 4.35. The molecule has 2 heterocycles. The quantitative estimate of drug-likeness (QED) is 0.810. The lowest BCUT2D eigenvalue weighted by atomic mass is 10.1. The van der Waals surface area contributed by atoms with Crippen molar-refractivity contribution in [2.75, 3.05) is 13.2 Å². The highest BCUT2D eigenvalue weighted by molar-refractivity contribution is 7.89. The van der Waals surface area contributed by atoms with Gasteiger partial charge in [0.15, 0.2) is 0 Å². The number of hydrogen-bond acceptors (Lipinski definition) is 4. The predicted molar refractivity (Wildman–Crippen MR) is 80.3 cm³/mol. The van der Waals surface area contributed by atoms with Gasteiger partial charge in [-0.15, -0.1) is 0 Å². The number of aliphatic hydroxyl groups is 1. The Morgan fingerprint density at radius 1 is 1.32 bits per heavy atom. The predicted octanol–water partition coefficient (Wildman–Crippen LogP) is 0.0949. The van der Waals surface area contributed by atoms with E-state index in [0.717, 1.165) is 22.5 Å². The summed E-state index contributed by atoms with van der Waals surface area (Å²) in [5.41, 5.74) is -1.10. The van der Waals surface area contributed by atoms with Gasteiger partial charge in [0.1, 0.15) is 0 Å². The number of carbonyl (C=O) groups excluding carboxylic acids is 1. The van der Waals surface area contributed by atoms with Crippen LogP contribution < -0.4 is 10.6 Å². The maximum absolute atomic E-state index is 13.2. The van der Waals surface area contributed by atoms with E-state index in [1.807, 2.05) is 0 Å². The van der Waals surface area contributed by atoms with Crippen LogP contribution in [0.15, 0.2) is 28.1 Å². The SMILES string of the molecule is O=C1CC(C(F)(F)F)=c2cc(S(=O)(=O)N3CCCC3CO)ccc2=N1. The second-order valence-electron chi connectivity index (χ2n) is 5.93. The zero-order valence-electron chi connectivity index (χ0n) is 13.0. The Bertz CT molecular complexity index is 941. The summed E-state index contributed by atoms with van der Waals surface area (Å²) in [6, 6.07) is 2.57. The van der Waals surface area contributed by atoms with Crippen molar-refractivity contribution in [1.29, 1.82) is 0 Å². The Labute approximate surface area is 141 Å². The third-order valence-corrected chi connectivity index (χ3v) is 6.30. The molecule has 1 aromatic carbocycles. The van der Waals surface area contributed by atoms with E-state index < -0.39 is 45.4 Å². The van der Waals surface area contributed by atoms with Crippen molar-refractivity contribution >= 4 is 21.5 Å². The van der Waals surface area contributed by atoms with Crippen molar-refractivity contribution < 1.29 is 31.5 Å². The van der Waals surface area contributed by atoms with E-state index in [0.29, 0.717) is 12.8 Å². The molecule has 10 heteroatoms. The number of halogens is 3. The van der Waals surface area contributed by atoms with Crippen LogP contribution in [0.2, 0.25) is 0 Å². The molecular weight excluding hydrogens is 361 g/mol. The van der Waals surface area contributed by atoms with Crippen LogP contribution in [-0.4, -0.2) is 49.1 Å². The van der Waals surface area contributed by atoms with Crippen LogP contribution in [0.1, 0.15) is 19.3 Å². The lowest BCUT2D eigenvalue weighted by Crippen LogP contribution is -2.40. The second-order valence-corrected chi connectivity index (χ2v) is 7.82. The fraction of sp³-hybridized carbons (Fsp3) is 0.467. The normalized spacial score (nSPS) is 22.0. The average Bonchev–Trinajstić information content (AvgIpc) is 3.02. The first-order valence-corrected chi connectivity index (χ1v) is 9.03. The van der Waals surface area contributed by atoms with Gasteiger partial charge in [-0.1, -0.05) is 0 Å². The second kappa shape index (κ2) is 6.19. The Morgan fingerprint density at radius 2 is 2.04 bits per heavy atom. The molecule has 0 aromatic heterocycles. The van der Waals surface area contributed by atoms with E-state index in [9.17, 15) is 31.5 Å². The van der Waals surface area contributed by atoms with E-state index in [2.05, 4.69) is 4.99 Å². The molecule has 0 aliphatic carbocycles. The summed E-state index contributed by atoms with van der Waals surface area (Å²) < 4.78 is 66.2. The highest BCUT2D eigenvalue weighted by Crippen LogP contribution is 2.30. The first-order chi connectivity index (χ1) is 11.6. The van der Waals surface area contributed by atoms with Gasteiger partial charge >= 0.3 is 6.18 Å². The maximum atomic E-state index is 13.2. The Hall–Kier alpha value is -1.78. The minimum absolute atomic E-state index is 0.192. The number of amides is 1. The van der Waals surface area contributed by atoms with Crippen molar-refractivity contribution in [2.45, 2.75) is 36.4 Å². The minimum atomic E-state index is -4.76. The molecule has 25 heavy (non-hydrogen) atoms. The monoisotopic (exact) mass is 376 g/mol. The first-order valence-electron chi connectivity index (χ1n) is 7.59. The molecule has 1 N–H and O–H groups in total. The number of alkyl halides is 3. The van der Waals surface area contributed by atoms with Crippen LogP contribution >= 0.6 is 0 Å². The summed E-state index contributed by atoms with van der Waals surface area (Å²) in [5, 5.41) is 8.72. The number of hydrogen-bond donors (Lipinski definition) is 1. The van der Waals surface area contributed by atoms with Crippen LogP contribution in [0.3, 0.4) is 0 Å². The smallest absolute Gasteiger partial charge is 0.395 e. The Kier molecular flexibility index (Phi) is 4.46. The first kappa shape index (κ1) is 18.0. The molecule has 0 bridgehead atoms. The Balaban J connectivity index is 2.19. The summed E-state index contributed by atoms with van der Waals surface area (Å²) in [6.07, 6.45) is -4.61. The summed E-state index contributed by atoms with van der Waals surface area (Å²) >= 11 is 0. The van der Waals surface area contributed by atoms with Crippen molar-refractivity contribution in [3.63, 3.8) is 0 Å². The summed E-state index contributed by atoms with van der Waals surface area (Å²) in [4.78, 5) is 14.7. The largest absolute Gasteiger partial charge is 0.413 e. The summed E-state index contributed by atoms with van der Waals surface area (Å²) in [7, 11) is -4.05. The lowest BCUT2D eigenvalue weighted by Gasteiger charge is -2.22. The molecule has 3 rings (SSSR count). The van der Waals surface area contributed by atoms with Crippen LogP contribution in [0.5, 0.6) is 0 Å². The van der Waals surface area contributed by atoms with E-state index in [4.69, 9.17) is 0 Å². The van der Waals surface area contributed by atoms with Gasteiger partial charge in [0.25, 0.3) is 5.91 Å². The summed E-state index contributed by atoms with van der Waals surface area (Å²) in [5.74, 6) is -0.921. The number of aliphatic hydroxyl groups excluding tert-OH is 1. The maximum Gasteiger partial charge on any atom is 0.413 e. The van der Waals surface area contributed by atoms with E-state index in [-0.39, 0.29) is 23.4 Å². The number of rotatable bonds is 3. The van der Waals surface area contributed by atoms with E-state index in [1.54, 1.807) is 0 Å². The lowest BCUT2D eigenvalue weighted by molar-refractivity contribution is -0.119. The molecule has 1 unspecified atom stereocenters. The molecule has 2 aliphatic rings. The van der Waals surface area contributed by atoms with Crippen LogP contribution in [0.25, 0.3) is 5.57 Å². The Morgan fingerprint density at radius 3 is 2.68 bits per heavy atom. The number of sulfonamides is 1. The molecule has 1 atom stereocenters. The molecule has 6 nitrogen and oxygen atoms in total. The van der Waals surface area contributed by atoms with Gasteiger partial charge in [0.2, 0.25) is 10.0 Å². The fourth-order valence-electron chi connectivity index (χ4n) is 3.13. The van der Waals surface area contributed by atoms with Crippen molar-refractivity contribution in [3.05, 3.63) is 28.8 Å². The third kappa shape index (κ3) is 3.21. The van der Waals surface area contributed by atoms with Gasteiger partial charge in [-0.3, -0.25) is 4.79 Å². The molecule has 0 spiro atoms. The highest BCUT2D eigenvalue weighted by atomic mass is 32.2. The van der Waals surface area contributed by atoms with Gasteiger partial charge in [-0.25, -0.2) is 13.4 Å². The number of benzene rings is 1. The molecule has 1 fully saturated rings. The van der Waals surface area contributed by atoms with Crippen molar-refractivity contribution in [2.24, 2.45) is 4.99 Å². The van der Waals surface area contributed by atoms with Gasteiger partial charge in [-0.05, 0) is 31.0 Å². The average molecular weight is 376 g/mol. The standard InChI is InChI=1S/C15H15F3N2O4S/c16-15(17,18)12-7-14(22)19-13-4-3-10(6-11(12)13)25(23,24)20-5-1-2-9(20)8-21/h3-4,6,9,21H,1-2,5,7-8H2. The molecule has 1 aromatic rings. The highest BCUT2D eigenvalue weighted by Gasteiger charge is 2.38. The molecule has 1 saturated heterocycles. The molecule has 136 valence electrons. The van der Waals surface area contributed by atoms with Crippen molar-refractivity contribution in [1.82, 2.24) is 4.31 Å². The van der Waals surface area contributed by atoms with Gasteiger partial charge in [0, 0.05) is 17.8 Å².